The Bertz CT molecular complexity index is 475. The van der Waals surface area contributed by atoms with Crippen LogP contribution in [-0.4, -0.2) is 17.4 Å². The second-order valence-electron chi connectivity index (χ2n) is 3.58. The number of aliphatic hydroxyl groups excluding tert-OH is 1. The SMILES string of the molecule is O=C1Nc2cccc(C(O)C(F)F)c2C1(F)F. The standard InChI is InChI=1S/C10H7F4NO2/c11-8(12)7(16)4-2-1-3-5-6(4)10(13,14)9(17)15-5/h1-3,7-8,16H,(H,15,17). The van der Waals surface area contributed by atoms with Crippen LogP contribution in [0.2, 0.25) is 0 Å². The molecule has 1 atom stereocenters. The molecule has 1 unspecified atom stereocenters. The summed E-state index contributed by atoms with van der Waals surface area (Å²) in [5, 5.41) is 11.0. The molecule has 1 aliphatic heterocycles. The maximum atomic E-state index is 13.4. The monoisotopic (exact) mass is 249 g/mol. The predicted molar refractivity (Wildman–Crippen MR) is 49.9 cm³/mol. The number of carbonyl (C=O) groups is 1. The van der Waals surface area contributed by atoms with Gasteiger partial charge in [-0.1, -0.05) is 12.1 Å². The van der Waals surface area contributed by atoms with E-state index in [-0.39, 0.29) is 5.69 Å². The lowest BCUT2D eigenvalue weighted by Crippen LogP contribution is -2.25. The molecule has 0 bridgehead atoms. The maximum Gasteiger partial charge on any atom is 0.352 e. The van der Waals surface area contributed by atoms with Crippen molar-refractivity contribution in [3.05, 3.63) is 29.3 Å². The normalized spacial score (nSPS) is 19.1. The third-order valence-corrected chi connectivity index (χ3v) is 2.50. The smallest absolute Gasteiger partial charge is 0.352 e. The largest absolute Gasteiger partial charge is 0.382 e. The number of fused-ring (bicyclic) bond motifs is 1. The van der Waals surface area contributed by atoms with Crippen molar-refractivity contribution in [3.63, 3.8) is 0 Å². The highest BCUT2D eigenvalue weighted by atomic mass is 19.3. The third kappa shape index (κ3) is 1.66. The molecule has 0 spiro atoms. The number of anilines is 1. The highest BCUT2D eigenvalue weighted by Crippen LogP contribution is 2.44. The molecule has 0 saturated heterocycles. The number of aliphatic hydroxyl groups is 1. The van der Waals surface area contributed by atoms with Gasteiger partial charge in [-0.15, -0.1) is 0 Å². The van der Waals surface area contributed by atoms with Gasteiger partial charge in [-0.05, 0) is 11.6 Å². The summed E-state index contributed by atoms with van der Waals surface area (Å²) >= 11 is 0. The Kier molecular flexibility index (Phi) is 2.57. The van der Waals surface area contributed by atoms with Crippen molar-refractivity contribution in [1.29, 1.82) is 0 Å². The van der Waals surface area contributed by atoms with Crippen molar-refractivity contribution in [3.8, 4) is 0 Å². The zero-order valence-corrected chi connectivity index (χ0v) is 8.25. The van der Waals surface area contributed by atoms with Crippen LogP contribution in [0.3, 0.4) is 0 Å². The fraction of sp³-hybridized carbons (Fsp3) is 0.300. The molecule has 0 fully saturated rings. The van der Waals surface area contributed by atoms with Gasteiger partial charge in [0, 0.05) is 0 Å². The number of alkyl halides is 4. The zero-order chi connectivity index (χ0) is 12.8. The molecule has 1 aromatic carbocycles. The zero-order valence-electron chi connectivity index (χ0n) is 8.25. The fourth-order valence-electron chi connectivity index (χ4n) is 1.72. The summed E-state index contributed by atoms with van der Waals surface area (Å²) in [7, 11) is 0. The Morgan fingerprint density at radius 2 is 1.94 bits per heavy atom. The topological polar surface area (TPSA) is 49.3 Å². The first-order valence-electron chi connectivity index (χ1n) is 4.64. The molecule has 0 saturated carbocycles. The van der Waals surface area contributed by atoms with Crippen LogP contribution in [0.1, 0.15) is 17.2 Å². The second-order valence-corrected chi connectivity index (χ2v) is 3.58. The fourth-order valence-corrected chi connectivity index (χ4v) is 1.72. The average molecular weight is 249 g/mol. The van der Waals surface area contributed by atoms with E-state index >= 15 is 0 Å². The van der Waals surface area contributed by atoms with E-state index in [1.165, 1.54) is 6.07 Å². The molecule has 0 aromatic heterocycles. The van der Waals surface area contributed by atoms with E-state index in [0.717, 1.165) is 12.1 Å². The lowest BCUT2D eigenvalue weighted by molar-refractivity contribution is -0.139. The summed E-state index contributed by atoms with van der Waals surface area (Å²) in [4.78, 5) is 11.0. The lowest BCUT2D eigenvalue weighted by Gasteiger charge is -2.16. The summed E-state index contributed by atoms with van der Waals surface area (Å²) in [6.45, 7) is 0. The van der Waals surface area contributed by atoms with Gasteiger partial charge in [-0.3, -0.25) is 4.79 Å². The van der Waals surface area contributed by atoms with Crippen LogP contribution >= 0.6 is 0 Å². The van der Waals surface area contributed by atoms with Crippen molar-refractivity contribution in [2.24, 2.45) is 0 Å². The van der Waals surface area contributed by atoms with Crippen molar-refractivity contribution in [2.75, 3.05) is 5.32 Å². The second kappa shape index (κ2) is 3.69. The first-order valence-corrected chi connectivity index (χ1v) is 4.64. The van der Waals surface area contributed by atoms with E-state index in [0.29, 0.717) is 0 Å². The number of benzene rings is 1. The molecule has 2 N–H and O–H groups in total. The molecule has 1 amide bonds. The summed E-state index contributed by atoms with van der Waals surface area (Å²) < 4.78 is 51.6. The van der Waals surface area contributed by atoms with Crippen LogP contribution in [0.5, 0.6) is 0 Å². The Labute approximate surface area is 93.1 Å². The molecule has 0 radical (unpaired) electrons. The maximum absolute atomic E-state index is 13.4. The third-order valence-electron chi connectivity index (χ3n) is 2.50. The highest BCUT2D eigenvalue weighted by Gasteiger charge is 2.51. The molecule has 1 heterocycles. The first kappa shape index (κ1) is 11.8. The number of nitrogens with one attached hydrogen (secondary N) is 1. The van der Waals surface area contributed by atoms with Gasteiger partial charge in [0.15, 0.2) is 0 Å². The molecule has 17 heavy (non-hydrogen) atoms. The molecular formula is C10H7F4NO2. The number of carbonyl (C=O) groups excluding carboxylic acids is 1. The van der Waals surface area contributed by atoms with E-state index in [1.54, 1.807) is 0 Å². The van der Waals surface area contributed by atoms with Crippen LogP contribution in [-0.2, 0) is 10.7 Å². The van der Waals surface area contributed by atoms with Gasteiger partial charge < -0.3 is 10.4 Å². The summed E-state index contributed by atoms with van der Waals surface area (Å²) in [6, 6.07) is 3.32. The van der Waals surface area contributed by atoms with E-state index < -0.39 is 35.5 Å². The molecule has 7 heteroatoms. The molecular weight excluding hydrogens is 242 g/mol. The number of rotatable bonds is 2. The van der Waals surface area contributed by atoms with Gasteiger partial charge >= 0.3 is 5.92 Å². The number of amides is 1. The van der Waals surface area contributed by atoms with E-state index in [2.05, 4.69) is 0 Å². The van der Waals surface area contributed by atoms with E-state index in [1.807, 2.05) is 5.32 Å². The minimum atomic E-state index is -3.90. The van der Waals surface area contributed by atoms with Gasteiger partial charge in [-0.2, -0.15) is 8.78 Å². The molecule has 92 valence electrons. The molecule has 0 aliphatic carbocycles. The van der Waals surface area contributed by atoms with E-state index in [9.17, 15) is 22.4 Å². The van der Waals surface area contributed by atoms with Crippen LogP contribution in [0.15, 0.2) is 18.2 Å². The predicted octanol–water partition coefficient (Wildman–Crippen LogP) is 2.03. The number of hydrogen-bond acceptors (Lipinski definition) is 2. The van der Waals surface area contributed by atoms with E-state index in [4.69, 9.17) is 5.11 Å². The highest BCUT2D eigenvalue weighted by molar-refractivity contribution is 6.04. The average Bonchev–Trinajstić information content (AvgIpc) is 2.49. The molecule has 2 rings (SSSR count). The van der Waals surface area contributed by atoms with Gasteiger partial charge in [-0.25, -0.2) is 8.78 Å². The Balaban J connectivity index is 2.59. The number of halogens is 4. The van der Waals surface area contributed by atoms with Gasteiger partial charge in [0.2, 0.25) is 0 Å². The Morgan fingerprint density at radius 3 is 2.53 bits per heavy atom. The van der Waals surface area contributed by atoms with Crippen LogP contribution in [0, 0.1) is 0 Å². The van der Waals surface area contributed by atoms with Gasteiger partial charge in [0.05, 0.1) is 11.3 Å². The quantitative estimate of drug-likeness (QED) is 0.788. The molecule has 1 aromatic rings. The Morgan fingerprint density at radius 1 is 1.29 bits per heavy atom. The van der Waals surface area contributed by atoms with Crippen molar-refractivity contribution in [1.82, 2.24) is 0 Å². The summed E-state index contributed by atoms with van der Waals surface area (Å²) in [5.74, 6) is -5.48. The summed E-state index contributed by atoms with van der Waals surface area (Å²) in [6.07, 6.45) is -5.54. The Hall–Kier alpha value is -1.63. The van der Waals surface area contributed by atoms with Crippen LogP contribution in [0.4, 0.5) is 23.2 Å². The van der Waals surface area contributed by atoms with Crippen LogP contribution in [0.25, 0.3) is 0 Å². The van der Waals surface area contributed by atoms with Crippen molar-refractivity contribution in [2.45, 2.75) is 18.5 Å². The lowest BCUT2D eigenvalue weighted by atomic mass is 9.98. The van der Waals surface area contributed by atoms with Gasteiger partial charge in [0.25, 0.3) is 12.3 Å². The minimum Gasteiger partial charge on any atom is -0.382 e. The van der Waals surface area contributed by atoms with Gasteiger partial charge in [0.1, 0.15) is 6.10 Å². The molecule has 3 nitrogen and oxygen atoms in total. The number of hydrogen-bond donors (Lipinski definition) is 2. The van der Waals surface area contributed by atoms with Crippen molar-refractivity contribution < 1.29 is 27.5 Å². The minimum absolute atomic E-state index is 0.253. The van der Waals surface area contributed by atoms with Crippen LogP contribution < -0.4 is 5.32 Å². The summed E-state index contributed by atoms with van der Waals surface area (Å²) in [5.41, 5.74) is -1.77. The van der Waals surface area contributed by atoms with Crippen molar-refractivity contribution >= 4 is 11.6 Å². The first-order chi connectivity index (χ1) is 7.85. The molecule has 1 aliphatic rings.